The van der Waals surface area contributed by atoms with E-state index in [1.807, 2.05) is 72.7 Å². The Bertz CT molecular complexity index is 4350. The Morgan fingerprint density at radius 1 is 0.614 bits per heavy atom. The van der Waals surface area contributed by atoms with Gasteiger partial charge in [0.05, 0.1) is 22.9 Å². The fourth-order valence-corrected chi connectivity index (χ4v) is 9.17. The minimum atomic E-state index is -4.58. The molecule has 7 aromatic carbocycles. The van der Waals surface area contributed by atoms with Crippen LogP contribution >= 0.6 is 0 Å². The van der Waals surface area contributed by atoms with Gasteiger partial charge in [-0.3, -0.25) is 13.9 Å². The van der Waals surface area contributed by atoms with Crippen molar-refractivity contribution in [3.63, 3.8) is 0 Å². The Morgan fingerprint density at radius 2 is 1.24 bits per heavy atom. The molecule has 0 aliphatic rings. The van der Waals surface area contributed by atoms with E-state index in [-0.39, 0.29) is 27.7 Å². The number of carbonyl (C=O) groups excluding carboxylic acids is 1. The first-order valence-corrected chi connectivity index (χ1v) is 24.9. The van der Waals surface area contributed by atoms with Crippen molar-refractivity contribution in [2.75, 3.05) is 6.61 Å². The molecule has 2 N–H and O–H groups in total. The van der Waals surface area contributed by atoms with Crippen LogP contribution in [0.5, 0.6) is 11.5 Å². The fraction of sp³-hybridized carbons (Fsp3) is 0.0465. The topological polar surface area (TPSA) is 299 Å². The van der Waals surface area contributed by atoms with Crippen LogP contribution in [0.1, 0.15) is 18.1 Å². The van der Waals surface area contributed by atoms with Gasteiger partial charge < -0.3 is 9.47 Å². The molecule has 0 amide bonds. The lowest BCUT2D eigenvalue weighted by molar-refractivity contribution is -0.120. The molecule has 4 aromatic heterocycles. The summed E-state index contributed by atoms with van der Waals surface area (Å²) in [6.45, 7) is 2.43. The van der Waals surface area contributed by atoms with E-state index in [9.17, 15) is 30.7 Å². The average Bonchev–Trinajstić information content (AvgIpc) is 4.17. The van der Waals surface area contributed by atoms with Crippen LogP contribution in [0.15, 0.2) is 141 Å². The number of fused-ring (bicyclic) bond motifs is 12. The van der Waals surface area contributed by atoms with Crippen molar-refractivity contribution in [2.45, 2.75) is 16.7 Å². The highest BCUT2D eigenvalue weighted by Gasteiger charge is 2.30. The van der Waals surface area contributed by atoms with Crippen LogP contribution in [0.2, 0.25) is 0 Å². The summed E-state index contributed by atoms with van der Waals surface area (Å²) in [6, 6.07) is 35.1. The second kappa shape index (κ2) is 17.9. The Morgan fingerprint density at radius 3 is 1.89 bits per heavy atom. The molecule has 0 saturated carbocycles. The van der Waals surface area contributed by atoms with Crippen molar-refractivity contribution >= 4 is 115 Å². The van der Waals surface area contributed by atoms with E-state index < -0.39 is 41.5 Å². The van der Waals surface area contributed by atoms with E-state index in [0.29, 0.717) is 40.4 Å². The summed E-state index contributed by atoms with van der Waals surface area (Å²) >= 11 is 0. The van der Waals surface area contributed by atoms with Gasteiger partial charge in [0, 0.05) is 22.9 Å². The van der Waals surface area contributed by atoms with E-state index >= 15 is 0 Å². The summed E-state index contributed by atoms with van der Waals surface area (Å²) in [5, 5.41) is 12.3. The number of rotatable bonds is 12. The van der Waals surface area contributed by atoms with Crippen LogP contribution in [0, 0.1) is 0 Å². The summed E-state index contributed by atoms with van der Waals surface area (Å²) in [6.07, 6.45) is 3.33. The van der Waals surface area contributed by atoms with Gasteiger partial charge in [-0.1, -0.05) is 72.8 Å². The molecule has 4 heterocycles. The van der Waals surface area contributed by atoms with Crippen molar-refractivity contribution < 1.29 is 65.5 Å². The largest absolute Gasteiger partial charge is 0.491 e. The highest BCUT2D eigenvalue weighted by Crippen LogP contribution is 2.42. The number of hydrogen-bond acceptors (Lipinski definition) is 15. The van der Waals surface area contributed by atoms with Crippen molar-refractivity contribution in [1.82, 2.24) is 28.1 Å². The molecule has 0 atom stereocenters. The van der Waals surface area contributed by atoms with Gasteiger partial charge in [0.15, 0.2) is 5.75 Å². The third-order valence-electron chi connectivity index (χ3n) is 10.8. The summed E-state index contributed by atoms with van der Waals surface area (Å²) in [4.78, 5) is 14.8. The first-order valence-electron chi connectivity index (χ1n) is 20.0. The average molecular weight is 1030 g/mol. The molecule has 0 aliphatic carbocycles. The first-order chi connectivity index (χ1) is 33.4. The smallest absolute Gasteiger partial charge is 0.425 e. The molecule has 0 fully saturated rings. The standard InChI is InChI=1S/C43H30N8O9S2.2O3S/c1-2-59-40-23-35(39(60-25-52)24-38(40)49-48-37-20-13-29-21-32(61(53,54)55)17-18-34(29)43(37)51(48)49)45-44-30-14-8-26(9-15-30)7-10-28-11-16-31(22-41(28)62(56,57)58)46-47-36-19-12-27-5-3-4-6-33(27)42(36)50(46)47;2*1-4(2)3/h3-25H,2H2,1H3,(H,53,54,55)(H,56,57,58);;. The molecule has 0 unspecified atom stereocenters. The van der Waals surface area contributed by atoms with E-state index in [0.717, 1.165) is 43.8 Å². The van der Waals surface area contributed by atoms with Gasteiger partial charge in [-0.15, -0.1) is 53.7 Å². The van der Waals surface area contributed by atoms with Crippen LogP contribution in [-0.4, -0.2) is 92.4 Å². The Labute approximate surface area is 395 Å². The van der Waals surface area contributed by atoms with Crippen molar-refractivity contribution in [1.29, 1.82) is 0 Å². The zero-order chi connectivity index (χ0) is 49.8. The molecule has 0 spiro atoms. The van der Waals surface area contributed by atoms with Crippen LogP contribution in [0.3, 0.4) is 0 Å². The van der Waals surface area contributed by atoms with Crippen LogP contribution in [0.25, 0.3) is 67.1 Å². The number of azo groups is 1. The second-order valence-electron chi connectivity index (χ2n) is 14.8. The molecule has 11 aromatic rings. The lowest BCUT2D eigenvalue weighted by Gasteiger charge is -2.10. The van der Waals surface area contributed by atoms with Gasteiger partial charge in [0.25, 0.3) is 26.7 Å². The predicted molar refractivity (Wildman–Crippen MR) is 249 cm³/mol. The van der Waals surface area contributed by atoms with Crippen LogP contribution in [-0.2, 0) is 46.2 Å². The Kier molecular flexibility index (Phi) is 11.9. The summed E-state index contributed by atoms with van der Waals surface area (Å²) in [5.41, 5.74) is 6.48. The van der Waals surface area contributed by atoms with E-state index in [4.69, 9.17) is 34.7 Å². The summed E-state index contributed by atoms with van der Waals surface area (Å²) in [7, 11) is -15.2. The van der Waals surface area contributed by atoms with Crippen LogP contribution < -0.4 is 9.47 Å². The third kappa shape index (κ3) is 8.77. The molecule has 0 saturated heterocycles. The minimum absolute atomic E-state index is 0.112. The highest BCUT2D eigenvalue weighted by atomic mass is 32.2. The van der Waals surface area contributed by atoms with Gasteiger partial charge in [-0.25, -0.2) is 0 Å². The number of hydrogen-bond donors (Lipinski definition) is 2. The maximum absolute atomic E-state index is 12.6. The molecule has 23 nitrogen and oxygen atoms in total. The van der Waals surface area contributed by atoms with E-state index in [2.05, 4.69) is 10.2 Å². The minimum Gasteiger partial charge on any atom is -0.491 e. The number of aromatic nitrogens is 6. The number of carbonyl (C=O) groups is 1. The van der Waals surface area contributed by atoms with Crippen molar-refractivity contribution in [3.8, 4) is 22.9 Å². The fourth-order valence-electron chi connectivity index (χ4n) is 7.95. The SMILES string of the molecule is CCOc1cc(N=Nc2ccc(C=Cc3ccc(-n4n5c6ccc7ccccc7c6n45)cc3S(=O)(=O)O)cc2)c(OC=O)cc1-n1n2c3ccc4cc(S(=O)(=O)O)ccc4c3n12.O=S(=O)=O.O=S(=O)=O. The van der Waals surface area contributed by atoms with Gasteiger partial charge in [-0.2, -0.15) is 26.7 Å². The maximum Gasteiger partial charge on any atom is 0.425 e. The number of benzene rings is 7. The number of nitrogens with zero attached hydrogens (tertiary/aromatic N) is 8. The number of ether oxygens (including phenoxy) is 2. The molecule has 0 bridgehead atoms. The zero-order valence-electron chi connectivity index (χ0n) is 35.4. The van der Waals surface area contributed by atoms with Gasteiger partial charge in [0.1, 0.15) is 44.1 Å². The molecule has 70 heavy (non-hydrogen) atoms. The second-order valence-corrected chi connectivity index (χ2v) is 18.5. The molecule has 11 rings (SSSR count). The zero-order valence-corrected chi connectivity index (χ0v) is 38.7. The molecule has 27 heteroatoms. The van der Waals surface area contributed by atoms with Crippen molar-refractivity contribution in [3.05, 3.63) is 132 Å². The molecular weight excluding hydrogens is 997 g/mol. The maximum atomic E-state index is 12.6. The third-order valence-corrected chi connectivity index (χ3v) is 12.6. The Balaban J connectivity index is 0.000000709. The van der Waals surface area contributed by atoms with Gasteiger partial charge >= 0.3 is 21.2 Å². The predicted octanol–water partition coefficient (Wildman–Crippen LogP) is 6.47. The lowest BCUT2D eigenvalue weighted by Crippen LogP contribution is -2.02. The molecule has 0 aliphatic heterocycles. The Hall–Kier alpha value is -8.47. The van der Waals surface area contributed by atoms with Gasteiger partial charge in [0.2, 0.25) is 0 Å². The molecule has 356 valence electrons. The van der Waals surface area contributed by atoms with Gasteiger partial charge in [-0.05, 0) is 77.4 Å². The normalized spacial score (nSPS) is 12.2. The van der Waals surface area contributed by atoms with Crippen LogP contribution in [0.4, 0.5) is 11.4 Å². The van der Waals surface area contributed by atoms with Crippen molar-refractivity contribution in [2.24, 2.45) is 10.2 Å². The molecular formula is C43H30N8O15S4. The quantitative estimate of drug-likeness (QED) is 0.0574. The first kappa shape index (κ1) is 46.6. The summed E-state index contributed by atoms with van der Waals surface area (Å²) < 4.78 is 138. The monoisotopic (exact) mass is 1030 g/mol. The van der Waals surface area contributed by atoms with E-state index in [1.54, 1.807) is 77.6 Å². The van der Waals surface area contributed by atoms with E-state index in [1.165, 1.54) is 18.2 Å². The summed E-state index contributed by atoms with van der Waals surface area (Å²) in [5.74, 6) is 0.535. The lowest BCUT2D eigenvalue weighted by atomic mass is 10.1. The molecule has 0 radical (unpaired) electrons. The highest BCUT2D eigenvalue weighted by molar-refractivity contribution is 7.86.